The largest absolute Gasteiger partial charge is 0.409 e. The van der Waals surface area contributed by atoms with E-state index in [1.54, 1.807) is 30.5 Å². The maximum atomic E-state index is 12.0. The van der Waals surface area contributed by atoms with Gasteiger partial charge in [-0.05, 0) is 33.6 Å². The zero-order valence-electron chi connectivity index (χ0n) is 11.0. The van der Waals surface area contributed by atoms with Crippen molar-refractivity contribution in [1.82, 2.24) is 10.3 Å². The molecule has 1 heterocycles. The zero-order valence-corrected chi connectivity index (χ0v) is 12.5. The van der Waals surface area contributed by atoms with Crippen molar-refractivity contribution in [2.24, 2.45) is 10.9 Å². The van der Waals surface area contributed by atoms with Crippen LogP contribution in [0.1, 0.15) is 21.5 Å². The summed E-state index contributed by atoms with van der Waals surface area (Å²) in [5.74, 6) is -0.197. The molecule has 0 radical (unpaired) electrons. The van der Waals surface area contributed by atoms with Crippen molar-refractivity contribution in [2.45, 2.75) is 6.54 Å². The standard InChI is InChI=1S/C14H13BrN4O2/c15-12-5-11(7-17-8-12)14(20)18-6-9-2-1-3-10(4-9)13(16)19-21/h1-5,7-8,21H,6H2,(H2,16,19)(H,18,20). The molecular weight excluding hydrogens is 336 g/mol. The number of nitrogens with one attached hydrogen (secondary N) is 1. The Bertz CT molecular complexity index is 688. The number of amides is 1. The Kier molecular flexibility index (Phi) is 4.89. The smallest absolute Gasteiger partial charge is 0.253 e. The van der Waals surface area contributed by atoms with E-state index in [9.17, 15) is 4.79 Å². The summed E-state index contributed by atoms with van der Waals surface area (Å²) in [7, 11) is 0. The summed E-state index contributed by atoms with van der Waals surface area (Å²) < 4.78 is 0.740. The third-order valence-electron chi connectivity index (χ3n) is 2.75. The van der Waals surface area contributed by atoms with Crippen LogP contribution < -0.4 is 11.1 Å². The number of pyridine rings is 1. The van der Waals surface area contributed by atoms with Crippen LogP contribution in [-0.2, 0) is 6.54 Å². The third-order valence-corrected chi connectivity index (χ3v) is 3.18. The van der Waals surface area contributed by atoms with Crippen LogP contribution in [0.3, 0.4) is 0 Å². The van der Waals surface area contributed by atoms with Gasteiger partial charge in [-0.2, -0.15) is 0 Å². The molecule has 0 unspecified atom stereocenters. The summed E-state index contributed by atoms with van der Waals surface area (Å²) in [6.45, 7) is 0.331. The van der Waals surface area contributed by atoms with Crippen LogP contribution in [0.25, 0.3) is 0 Å². The Morgan fingerprint density at radius 2 is 2.14 bits per heavy atom. The van der Waals surface area contributed by atoms with Gasteiger partial charge in [0, 0.05) is 29.0 Å². The predicted octanol–water partition coefficient (Wildman–Crippen LogP) is 1.87. The molecule has 0 saturated carbocycles. The molecule has 6 nitrogen and oxygen atoms in total. The number of hydrogen-bond acceptors (Lipinski definition) is 4. The lowest BCUT2D eigenvalue weighted by Gasteiger charge is -2.07. The van der Waals surface area contributed by atoms with Crippen molar-refractivity contribution in [2.75, 3.05) is 0 Å². The van der Waals surface area contributed by atoms with Gasteiger partial charge in [-0.15, -0.1) is 0 Å². The highest BCUT2D eigenvalue weighted by Crippen LogP contribution is 2.10. The zero-order chi connectivity index (χ0) is 15.2. The van der Waals surface area contributed by atoms with Crippen molar-refractivity contribution in [3.05, 3.63) is 63.9 Å². The van der Waals surface area contributed by atoms with Gasteiger partial charge in [-0.1, -0.05) is 23.4 Å². The number of carbonyl (C=O) groups is 1. The lowest BCUT2D eigenvalue weighted by molar-refractivity contribution is 0.0950. The number of halogens is 1. The fraction of sp³-hybridized carbons (Fsp3) is 0.0714. The van der Waals surface area contributed by atoms with Crippen LogP contribution in [0.15, 0.2) is 52.4 Å². The first kappa shape index (κ1) is 15.0. The van der Waals surface area contributed by atoms with Gasteiger partial charge in [-0.25, -0.2) is 0 Å². The molecule has 0 aliphatic rings. The minimum atomic E-state index is -0.224. The SMILES string of the molecule is NC(=NO)c1cccc(CNC(=O)c2cncc(Br)c2)c1. The van der Waals surface area contributed by atoms with E-state index in [4.69, 9.17) is 10.9 Å². The highest BCUT2D eigenvalue weighted by atomic mass is 79.9. The Morgan fingerprint density at radius 3 is 2.86 bits per heavy atom. The number of oxime groups is 1. The normalized spacial score (nSPS) is 11.2. The van der Waals surface area contributed by atoms with E-state index in [2.05, 4.69) is 31.4 Å². The molecule has 2 rings (SSSR count). The molecule has 0 fully saturated rings. The first-order chi connectivity index (χ1) is 10.1. The van der Waals surface area contributed by atoms with Crippen molar-refractivity contribution < 1.29 is 10.0 Å². The Morgan fingerprint density at radius 1 is 1.33 bits per heavy atom. The number of nitrogens with two attached hydrogens (primary N) is 1. The van der Waals surface area contributed by atoms with E-state index in [0.29, 0.717) is 17.7 Å². The molecule has 0 spiro atoms. The molecule has 0 saturated heterocycles. The maximum Gasteiger partial charge on any atom is 0.253 e. The molecule has 1 amide bonds. The summed E-state index contributed by atoms with van der Waals surface area (Å²) in [5.41, 5.74) is 7.43. The van der Waals surface area contributed by atoms with Gasteiger partial charge in [-0.3, -0.25) is 9.78 Å². The number of benzene rings is 1. The van der Waals surface area contributed by atoms with Gasteiger partial charge in [0.05, 0.1) is 5.56 Å². The number of hydrogen-bond donors (Lipinski definition) is 3. The van der Waals surface area contributed by atoms with Gasteiger partial charge in [0.1, 0.15) is 0 Å². The average Bonchev–Trinajstić information content (AvgIpc) is 2.52. The second kappa shape index (κ2) is 6.85. The predicted molar refractivity (Wildman–Crippen MR) is 82.1 cm³/mol. The van der Waals surface area contributed by atoms with E-state index in [0.717, 1.165) is 10.0 Å². The second-order valence-corrected chi connectivity index (χ2v) is 5.18. The minimum Gasteiger partial charge on any atom is -0.409 e. The Hall–Kier alpha value is -2.41. The van der Waals surface area contributed by atoms with Crippen LogP contribution in [0.4, 0.5) is 0 Å². The summed E-state index contributed by atoms with van der Waals surface area (Å²) >= 11 is 3.27. The van der Waals surface area contributed by atoms with Crippen LogP contribution in [0.5, 0.6) is 0 Å². The summed E-state index contributed by atoms with van der Waals surface area (Å²) in [4.78, 5) is 15.9. The highest BCUT2D eigenvalue weighted by Gasteiger charge is 2.07. The summed E-state index contributed by atoms with van der Waals surface area (Å²) in [5, 5.41) is 14.4. The molecule has 1 aromatic carbocycles. The summed E-state index contributed by atoms with van der Waals surface area (Å²) in [6, 6.07) is 8.77. The molecule has 4 N–H and O–H groups in total. The number of aromatic nitrogens is 1. The van der Waals surface area contributed by atoms with E-state index in [1.165, 1.54) is 6.20 Å². The fourth-order valence-electron chi connectivity index (χ4n) is 1.72. The Balaban J connectivity index is 2.05. The highest BCUT2D eigenvalue weighted by molar-refractivity contribution is 9.10. The van der Waals surface area contributed by atoms with Gasteiger partial charge >= 0.3 is 0 Å². The number of carbonyl (C=O) groups excluding carboxylic acids is 1. The van der Waals surface area contributed by atoms with Crippen molar-refractivity contribution in [3.8, 4) is 0 Å². The van der Waals surface area contributed by atoms with E-state index in [1.807, 2.05) is 6.07 Å². The van der Waals surface area contributed by atoms with Gasteiger partial charge in [0.15, 0.2) is 5.84 Å². The first-order valence-corrected chi connectivity index (χ1v) is 6.85. The van der Waals surface area contributed by atoms with Crippen molar-refractivity contribution >= 4 is 27.7 Å². The van der Waals surface area contributed by atoms with Gasteiger partial charge in [0.2, 0.25) is 0 Å². The average molecular weight is 349 g/mol. The quantitative estimate of drug-likeness (QED) is 0.339. The number of amidine groups is 1. The second-order valence-electron chi connectivity index (χ2n) is 4.26. The molecule has 21 heavy (non-hydrogen) atoms. The summed E-state index contributed by atoms with van der Waals surface area (Å²) in [6.07, 6.45) is 3.10. The molecule has 108 valence electrons. The topological polar surface area (TPSA) is 101 Å². The van der Waals surface area contributed by atoms with E-state index >= 15 is 0 Å². The molecule has 0 atom stereocenters. The number of rotatable bonds is 4. The van der Waals surface area contributed by atoms with E-state index in [-0.39, 0.29) is 11.7 Å². The third kappa shape index (κ3) is 4.03. The molecule has 1 aromatic heterocycles. The molecule has 0 aliphatic carbocycles. The maximum absolute atomic E-state index is 12.0. The van der Waals surface area contributed by atoms with E-state index < -0.39 is 0 Å². The van der Waals surface area contributed by atoms with Crippen LogP contribution in [0, 0.1) is 0 Å². The molecule has 0 bridgehead atoms. The van der Waals surface area contributed by atoms with Gasteiger partial charge < -0.3 is 16.3 Å². The van der Waals surface area contributed by atoms with Crippen molar-refractivity contribution in [1.29, 1.82) is 0 Å². The molecular formula is C14H13BrN4O2. The lowest BCUT2D eigenvalue weighted by Crippen LogP contribution is -2.23. The minimum absolute atomic E-state index is 0.0272. The first-order valence-electron chi connectivity index (χ1n) is 6.05. The van der Waals surface area contributed by atoms with Crippen LogP contribution in [0.2, 0.25) is 0 Å². The lowest BCUT2D eigenvalue weighted by atomic mass is 10.1. The van der Waals surface area contributed by atoms with Crippen molar-refractivity contribution in [3.63, 3.8) is 0 Å². The van der Waals surface area contributed by atoms with Gasteiger partial charge in [0.25, 0.3) is 5.91 Å². The van der Waals surface area contributed by atoms with Crippen LogP contribution in [-0.4, -0.2) is 21.9 Å². The van der Waals surface area contributed by atoms with Crippen LogP contribution >= 0.6 is 15.9 Å². The molecule has 7 heteroatoms. The molecule has 2 aromatic rings. The molecule has 0 aliphatic heterocycles. The Labute approximate surface area is 129 Å². The fourth-order valence-corrected chi connectivity index (χ4v) is 2.08. The monoisotopic (exact) mass is 348 g/mol. The number of nitrogens with zero attached hydrogens (tertiary/aromatic N) is 2.